The molecular formula is C33H30N6O5. The molecule has 2 N–H and O–H groups in total. The SMILES string of the molecule is CCN(C(=O)O)[C@@H](C)C(=O)N[C@@H]1C(=O)N(Cc2c(C#N)n(-c3ccccc3C#N)c3ccccc23)c2ccccc2O[C@H]1C. The highest BCUT2D eigenvalue weighted by atomic mass is 16.5. The molecule has 44 heavy (non-hydrogen) atoms. The Morgan fingerprint density at radius 3 is 2.36 bits per heavy atom. The van der Waals surface area contributed by atoms with Crippen LogP contribution < -0.4 is 15.0 Å². The van der Waals surface area contributed by atoms with Gasteiger partial charge in [0.2, 0.25) is 5.91 Å². The third-order valence-corrected chi connectivity index (χ3v) is 7.87. The number of nitriles is 2. The van der Waals surface area contributed by atoms with Crippen molar-refractivity contribution in [3.63, 3.8) is 0 Å². The van der Waals surface area contributed by atoms with Gasteiger partial charge in [0.25, 0.3) is 5.91 Å². The van der Waals surface area contributed by atoms with Crippen LogP contribution in [0.3, 0.4) is 0 Å². The van der Waals surface area contributed by atoms with E-state index in [0.29, 0.717) is 33.8 Å². The van der Waals surface area contributed by atoms with Gasteiger partial charge in [0, 0.05) is 17.5 Å². The maximum Gasteiger partial charge on any atom is 0.407 e. The van der Waals surface area contributed by atoms with E-state index in [-0.39, 0.29) is 18.8 Å². The third-order valence-electron chi connectivity index (χ3n) is 7.87. The van der Waals surface area contributed by atoms with Crippen molar-refractivity contribution in [1.29, 1.82) is 10.5 Å². The van der Waals surface area contributed by atoms with Gasteiger partial charge in [-0.3, -0.25) is 19.1 Å². The predicted molar refractivity (Wildman–Crippen MR) is 162 cm³/mol. The number of benzene rings is 3. The summed E-state index contributed by atoms with van der Waals surface area (Å²) in [6, 6.07) is 23.6. The average molecular weight is 591 g/mol. The van der Waals surface area contributed by atoms with E-state index in [4.69, 9.17) is 4.74 Å². The number of hydrogen-bond donors (Lipinski definition) is 2. The zero-order chi connectivity index (χ0) is 31.5. The lowest BCUT2D eigenvalue weighted by Crippen LogP contribution is -2.58. The summed E-state index contributed by atoms with van der Waals surface area (Å²) in [6.07, 6.45) is -2.05. The molecule has 0 unspecified atom stereocenters. The minimum absolute atomic E-state index is 0.0464. The molecule has 3 aromatic carbocycles. The fraction of sp³-hybridized carbons (Fsp3) is 0.242. The minimum Gasteiger partial charge on any atom is -0.486 e. The maximum atomic E-state index is 14.3. The van der Waals surface area contributed by atoms with Crippen LogP contribution in [-0.2, 0) is 16.1 Å². The molecule has 0 saturated carbocycles. The van der Waals surface area contributed by atoms with Crippen molar-refractivity contribution >= 4 is 34.5 Å². The van der Waals surface area contributed by atoms with E-state index in [9.17, 15) is 30.0 Å². The highest BCUT2D eigenvalue weighted by molar-refractivity contribution is 6.03. The van der Waals surface area contributed by atoms with E-state index < -0.39 is 36.1 Å². The van der Waals surface area contributed by atoms with Crippen LogP contribution in [0.25, 0.3) is 16.6 Å². The number of nitrogens with one attached hydrogen (secondary N) is 1. The van der Waals surface area contributed by atoms with Crippen LogP contribution in [0.2, 0.25) is 0 Å². The van der Waals surface area contributed by atoms with Crippen LogP contribution in [0.15, 0.2) is 72.8 Å². The molecule has 11 heteroatoms. The summed E-state index contributed by atoms with van der Waals surface area (Å²) in [6.45, 7) is 4.78. The smallest absolute Gasteiger partial charge is 0.407 e. The summed E-state index contributed by atoms with van der Waals surface area (Å²) in [5, 5.41) is 33.3. The highest BCUT2D eigenvalue weighted by Crippen LogP contribution is 2.37. The summed E-state index contributed by atoms with van der Waals surface area (Å²) in [7, 11) is 0. The number of carboxylic acid groups (broad SMARTS) is 1. The standard InChI is InChI=1S/C33H30N6O5/c1-4-37(33(42)43)20(2)31(40)36-30-21(3)44-29-16-10-9-15-27(29)38(32(30)41)19-24-23-12-6-8-14-26(23)39(28(24)18-35)25-13-7-5-11-22(25)17-34/h5-16,20-21,30H,4,19H2,1-3H3,(H,36,40)(H,42,43)/t20-,21-,30-/m0/s1. The van der Waals surface area contributed by atoms with Gasteiger partial charge in [-0.05, 0) is 51.1 Å². The average Bonchev–Trinajstić information content (AvgIpc) is 3.30. The first kappa shape index (κ1) is 29.7. The van der Waals surface area contributed by atoms with Crippen molar-refractivity contribution < 1.29 is 24.2 Å². The molecule has 0 spiro atoms. The number of rotatable bonds is 7. The van der Waals surface area contributed by atoms with Gasteiger partial charge in [-0.2, -0.15) is 10.5 Å². The Hall–Kier alpha value is -5.81. The molecule has 1 aliphatic heterocycles. The fourth-order valence-corrected chi connectivity index (χ4v) is 5.62. The number of amides is 3. The molecule has 2 heterocycles. The number of aromatic nitrogens is 1. The molecule has 3 atom stereocenters. The molecule has 0 bridgehead atoms. The van der Waals surface area contributed by atoms with Gasteiger partial charge in [-0.15, -0.1) is 0 Å². The number of hydrogen-bond acceptors (Lipinski definition) is 6. The quantitative estimate of drug-likeness (QED) is 0.320. The van der Waals surface area contributed by atoms with Gasteiger partial charge in [0.05, 0.1) is 29.0 Å². The van der Waals surface area contributed by atoms with Crippen molar-refractivity contribution in [3.8, 4) is 23.6 Å². The number of fused-ring (bicyclic) bond motifs is 2. The summed E-state index contributed by atoms with van der Waals surface area (Å²) < 4.78 is 7.88. The predicted octanol–water partition coefficient (Wildman–Crippen LogP) is 4.56. The van der Waals surface area contributed by atoms with Gasteiger partial charge in [0.1, 0.15) is 41.8 Å². The third kappa shape index (κ3) is 5.16. The molecule has 4 aromatic rings. The Kier molecular flexibility index (Phi) is 8.23. The van der Waals surface area contributed by atoms with Gasteiger partial charge >= 0.3 is 6.09 Å². The molecule has 1 aliphatic rings. The molecule has 0 saturated heterocycles. The van der Waals surface area contributed by atoms with Gasteiger partial charge < -0.3 is 20.1 Å². The second-order valence-corrected chi connectivity index (χ2v) is 10.4. The second-order valence-electron chi connectivity index (χ2n) is 10.4. The van der Waals surface area contributed by atoms with Crippen LogP contribution in [0.4, 0.5) is 10.5 Å². The molecule has 0 radical (unpaired) electrons. The van der Waals surface area contributed by atoms with Crippen LogP contribution in [0.1, 0.15) is 37.6 Å². The number of nitrogens with zero attached hydrogens (tertiary/aromatic N) is 5. The summed E-state index contributed by atoms with van der Waals surface area (Å²) in [5.41, 5.74) is 2.87. The van der Waals surface area contributed by atoms with E-state index in [2.05, 4.69) is 17.5 Å². The lowest BCUT2D eigenvalue weighted by atomic mass is 10.1. The van der Waals surface area contributed by atoms with Crippen LogP contribution in [0.5, 0.6) is 5.75 Å². The first-order chi connectivity index (χ1) is 21.2. The van der Waals surface area contributed by atoms with Crippen molar-refractivity contribution in [1.82, 2.24) is 14.8 Å². The first-order valence-corrected chi connectivity index (χ1v) is 14.1. The monoisotopic (exact) mass is 590 g/mol. The Labute approximate surface area is 254 Å². The van der Waals surface area contributed by atoms with Crippen LogP contribution in [0, 0.1) is 22.7 Å². The summed E-state index contributed by atoms with van der Waals surface area (Å²) in [4.78, 5) is 41.7. The van der Waals surface area contributed by atoms with Gasteiger partial charge in [-0.25, -0.2) is 4.79 Å². The Morgan fingerprint density at radius 1 is 1.02 bits per heavy atom. The fourth-order valence-electron chi connectivity index (χ4n) is 5.62. The lowest BCUT2D eigenvalue weighted by Gasteiger charge is -2.29. The van der Waals surface area contributed by atoms with E-state index >= 15 is 0 Å². The zero-order valence-electron chi connectivity index (χ0n) is 24.4. The molecule has 5 rings (SSSR count). The first-order valence-electron chi connectivity index (χ1n) is 14.1. The largest absolute Gasteiger partial charge is 0.486 e. The van der Waals surface area contributed by atoms with E-state index in [0.717, 1.165) is 10.3 Å². The molecule has 11 nitrogen and oxygen atoms in total. The minimum atomic E-state index is -1.25. The molecule has 222 valence electrons. The molecule has 0 fully saturated rings. The topological polar surface area (TPSA) is 152 Å². The molecule has 3 amide bonds. The van der Waals surface area contributed by atoms with E-state index in [1.165, 1.54) is 11.8 Å². The van der Waals surface area contributed by atoms with Gasteiger partial charge in [0.15, 0.2) is 0 Å². The number of carbonyl (C=O) groups excluding carboxylic acids is 2. The number of carbonyl (C=O) groups is 3. The Morgan fingerprint density at radius 2 is 1.68 bits per heavy atom. The number of anilines is 1. The van der Waals surface area contributed by atoms with Crippen molar-refractivity contribution in [2.75, 3.05) is 11.4 Å². The number of ether oxygens (including phenoxy) is 1. The molecule has 0 aliphatic carbocycles. The Bertz CT molecular complexity index is 1850. The van der Waals surface area contributed by atoms with Gasteiger partial charge in [-0.1, -0.05) is 42.5 Å². The summed E-state index contributed by atoms with van der Waals surface area (Å²) >= 11 is 0. The zero-order valence-corrected chi connectivity index (χ0v) is 24.4. The second kappa shape index (κ2) is 12.2. The van der Waals surface area contributed by atoms with Crippen molar-refractivity contribution in [2.45, 2.75) is 45.5 Å². The van der Waals surface area contributed by atoms with E-state index in [1.54, 1.807) is 66.9 Å². The summed E-state index contributed by atoms with van der Waals surface area (Å²) in [5.74, 6) is -0.716. The van der Waals surface area contributed by atoms with Crippen LogP contribution in [-0.4, -0.2) is 57.2 Å². The molecular weight excluding hydrogens is 560 g/mol. The van der Waals surface area contributed by atoms with Crippen molar-refractivity contribution in [3.05, 3.63) is 89.6 Å². The van der Waals surface area contributed by atoms with Crippen LogP contribution >= 0.6 is 0 Å². The normalized spacial score (nSPS) is 16.6. The van der Waals surface area contributed by atoms with Crippen molar-refractivity contribution in [2.24, 2.45) is 0 Å². The highest BCUT2D eigenvalue weighted by Gasteiger charge is 2.39. The maximum absolute atomic E-state index is 14.3. The van der Waals surface area contributed by atoms with E-state index in [1.807, 2.05) is 24.3 Å². The number of likely N-dealkylation sites (N-methyl/N-ethyl adjacent to an activating group) is 1. The number of para-hydroxylation sites is 4. The molecule has 1 aromatic heterocycles. The Balaban J connectivity index is 1.62. The lowest BCUT2D eigenvalue weighted by molar-refractivity contribution is -0.131.